The molecule has 0 N–H and O–H groups in total. The topological polar surface area (TPSA) is 3.24 Å². The monoisotopic (exact) mass is 247 g/mol. The van der Waals surface area contributed by atoms with Crippen molar-refractivity contribution in [1.29, 1.82) is 0 Å². The highest BCUT2D eigenvalue weighted by molar-refractivity contribution is 7.10. The Bertz CT molecular complexity index is 520. The Hall–Kier alpha value is -1.19. The predicted octanol–water partition coefficient (Wildman–Crippen LogP) is 3.45. The summed E-state index contributed by atoms with van der Waals surface area (Å²) in [5, 5.41) is 2.16. The van der Waals surface area contributed by atoms with Crippen LogP contribution in [0.25, 0.3) is 0 Å². The lowest BCUT2D eigenvalue weighted by Crippen LogP contribution is -2.29. The average Bonchev–Trinajstić information content (AvgIpc) is 2.76. The molecule has 1 aromatic carbocycles. The van der Waals surface area contributed by atoms with Crippen LogP contribution in [-0.2, 0) is 19.5 Å². The number of thiophene rings is 1. The van der Waals surface area contributed by atoms with Crippen molar-refractivity contribution in [3.05, 3.63) is 57.5 Å². The summed E-state index contributed by atoms with van der Waals surface area (Å²) in [7, 11) is 0. The Balaban J connectivity index is 1.72. The molecule has 3 heteroatoms. The van der Waals surface area contributed by atoms with Crippen molar-refractivity contribution in [2.24, 2.45) is 0 Å². The van der Waals surface area contributed by atoms with Gasteiger partial charge < -0.3 is 0 Å². The van der Waals surface area contributed by atoms with Gasteiger partial charge in [-0.15, -0.1) is 11.3 Å². The molecule has 0 saturated heterocycles. The predicted molar refractivity (Wildman–Crippen MR) is 68.5 cm³/mol. The number of rotatable bonds is 2. The molecular weight excluding hydrogens is 233 g/mol. The van der Waals surface area contributed by atoms with E-state index in [-0.39, 0.29) is 5.82 Å². The fourth-order valence-corrected chi connectivity index (χ4v) is 3.23. The van der Waals surface area contributed by atoms with E-state index < -0.39 is 0 Å². The summed E-state index contributed by atoms with van der Waals surface area (Å²) >= 11 is 1.85. The highest BCUT2D eigenvalue weighted by atomic mass is 32.1. The Morgan fingerprint density at radius 2 is 2.24 bits per heavy atom. The third-order valence-corrected chi connectivity index (χ3v) is 4.20. The molecule has 0 amide bonds. The molecule has 2 heterocycles. The maximum atomic E-state index is 13.1. The van der Waals surface area contributed by atoms with Gasteiger partial charge in [0.1, 0.15) is 5.82 Å². The second-order valence-electron chi connectivity index (χ2n) is 4.46. The minimum atomic E-state index is -0.143. The molecule has 2 aromatic rings. The van der Waals surface area contributed by atoms with Gasteiger partial charge in [-0.1, -0.05) is 12.1 Å². The molecule has 1 nitrogen and oxygen atoms in total. The van der Waals surface area contributed by atoms with Gasteiger partial charge in [-0.2, -0.15) is 0 Å². The van der Waals surface area contributed by atoms with Crippen molar-refractivity contribution in [3.63, 3.8) is 0 Å². The first-order valence-electron chi connectivity index (χ1n) is 5.83. The summed E-state index contributed by atoms with van der Waals surface area (Å²) in [6, 6.07) is 9.11. The van der Waals surface area contributed by atoms with Crippen molar-refractivity contribution >= 4 is 11.3 Å². The van der Waals surface area contributed by atoms with Crippen molar-refractivity contribution in [2.75, 3.05) is 6.54 Å². The second kappa shape index (κ2) is 4.59. The van der Waals surface area contributed by atoms with E-state index in [4.69, 9.17) is 0 Å². The van der Waals surface area contributed by atoms with E-state index >= 15 is 0 Å². The lowest BCUT2D eigenvalue weighted by Gasteiger charge is -2.26. The standard InChI is InChI=1S/C14H14FNS/c15-13-3-1-2-11(8-13)9-16-6-4-14-12(10-16)5-7-17-14/h1-3,5,7-8H,4,6,9-10H2. The maximum absolute atomic E-state index is 13.1. The number of fused-ring (bicyclic) bond motifs is 1. The van der Waals surface area contributed by atoms with E-state index in [1.807, 2.05) is 17.4 Å². The molecule has 1 aliphatic rings. The van der Waals surface area contributed by atoms with Crippen LogP contribution >= 0.6 is 11.3 Å². The van der Waals surface area contributed by atoms with Gasteiger partial charge in [-0.3, -0.25) is 4.90 Å². The third kappa shape index (κ3) is 2.40. The van der Waals surface area contributed by atoms with Crippen LogP contribution in [0.15, 0.2) is 35.7 Å². The molecular formula is C14H14FNS. The first-order valence-corrected chi connectivity index (χ1v) is 6.71. The van der Waals surface area contributed by atoms with Gasteiger partial charge in [-0.25, -0.2) is 4.39 Å². The Morgan fingerprint density at radius 3 is 3.12 bits per heavy atom. The van der Waals surface area contributed by atoms with Crippen molar-refractivity contribution in [3.8, 4) is 0 Å². The highest BCUT2D eigenvalue weighted by Gasteiger charge is 2.17. The molecule has 0 unspecified atom stereocenters. The summed E-state index contributed by atoms with van der Waals surface area (Å²) in [6.07, 6.45) is 1.13. The van der Waals surface area contributed by atoms with E-state index in [9.17, 15) is 4.39 Å². The first kappa shape index (κ1) is 10.9. The average molecular weight is 247 g/mol. The van der Waals surface area contributed by atoms with Crippen LogP contribution < -0.4 is 0 Å². The molecule has 1 aromatic heterocycles. The van der Waals surface area contributed by atoms with Crippen molar-refractivity contribution in [1.82, 2.24) is 4.90 Å². The van der Waals surface area contributed by atoms with Crippen LogP contribution in [0.1, 0.15) is 16.0 Å². The molecule has 1 aliphatic heterocycles. The van der Waals surface area contributed by atoms with Crippen LogP contribution in [0, 0.1) is 5.82 Å². The zero-order valence-electron chi connectivity index (χ0n) is 9.53. The summed E-state index contributed by atoms with van der Waals surface area (Å²) in [4.78, 5) is 3.89. The number of hydrogen-bond donors (Lipinski definition) is 0. The molecule has 3 rings (SSSR count). The first-order chi connectivity index (χ1) is 8.31. The molecule has 0 saturated carbocycles. The van der Waals surface area contributed by atoms with Crippen molar-refractivity contribution < 1.29 is 4.39 Å². The molecule has 0 radical (unpaired) electrons. The molecule has 0 atom stereocenters. The van der Waals surface area contributed by atoms with Gasteiger partial charge in [0, 0.05) is 24.5 Å². The zero-order chi connectivity index (χ0) is 11.7. The lowest BCUT2D eigenvalue weighted by atomic mass is 10.1. The SMILES string of the molecule is Fc1cccc(CN2CCc3sccc3C2)c1. The summed E-state index contributed by atoms with van der Waals surface area (Å²) in [5.74, 6) is -0.143. The summed E-state index contributed by atoms with van der Waals surface area (Å²) in [5.41, 5.74) is 2.50. The van der Waals surface area contributed by atoms with Crippen LogP contribution in [0.4, 0.5) is 4.39 Å². The molecule has 0 aliphatic carbocycles. The van der Waals surface area contributed by atoms with Crippen molar-refractivity contribution in [2.45, 2.75) is 19.5 Å². The second-order valence-corrected chi connectivity index (χ2v) is 5.46. The Labute approximate surface area is 105 Å². The fourth-order valence-electron chi connectivity index (χ4n) is 2.34. The van der Waals surface area contributed by atoms with E-state index in [0.717, 1.165) is 31.6 Å². The van der Waals surface area contributed by atoms with Gasteiger partial charge in [0.05, 0.1) is 0 Å². The molecule has 0 fully saturated rings. The highest BCUT2D eigenvalue weighted by Crippen LogP contribution is 2.24. The summed E-state index contributed by atoms with van der Waals surface area (Å²) < 4.78 is 13.1. The minimum Gasteiger partial charge on any atom is -0.294 e. The lowest BCUT2D eigenvalue weighted by molar-refractivity contribution is 0.247. The normalized spacial score (nSPS) is 15.8. The molecule has 0 spiro atoms. The van der Waals surface area contributed by atoms with Crippen LogP contribution in [0.5, 0.6) is 0 Å². The minimum absolute atomic E-state index is 0.143. The number of benzene rings is 1. The largest absolute Gasteiger partial charge is 0.294 e. The quantitative estimate of drug-likeness (QED) is 0.785. The fraction of sp³-hybridized carbons (Fsp3) is 0.286. The summed E-state index contributed by atoms with van der Waals surface area (Å²) in [6.45, 7) is 2.91. The third-order valence-electron chi connectivity index (χ3n) is 3.18. The maximum Gasteiger partial charge on any atom is 0.123 e. The van der Waals surface area contributed by atoms with Crippen LogP contribution in [0.2, 0.25) is 0 Å². The Morgan fingerprint density at radius 1 is 1.29 bits per heavy atom. The van der Waals surface area contributed by atoms with Gasteiger partial charge in [0.2, 0.25) is 0 Å². The van der Waals surface area contributed by atoms with E-state index in [1.165, 1.54) is 16.5 Å². The Kier molecular flexibility index (Phi) is 2.95. The van der Waals surface area contributed by atoms with Crippen LogP contribution in [0.3, 0.4) is 0 Å². The van der Waals surface area contributed by atoms with E-state index in [0.29, 0.717) is 0 Å². The van der Waals surface area contributed by atoms with E-state index in [1.54, 1.807) is 12.1 Å². The van der Waals surface area contributed by atoms with Crippen LogP contribution in [-0.4, -0.2) is 11.4 Å². The van der Waals surface area contributed by atoms with E-state index in [2.05, 4.69) is 16.3 Å². The molecule has 88 valence electrons. The zero-order valence-corrected chi connectivity index (χ0v) is 10.3. The number of nitrogens with zero attached hydrogens (tertiary/aromatic N) is 1. The van der Waals surface area contributed by atoms with Gasteiger partial charge >= 0.3 is 0 Å². The van der Waals surface area contributed by atoms with Gasteiger partial charge in [0.25, 0.3) is 0 Å². The number of halogens is 1. The van der Waals surface area contributed by atoms with Gasteiger partial charge in [0.15, 0.2) is 0 Å². The molecule has 17 heavy (non-hydrogen) atoms. The number of hydrogen-bond acceptors (Lipinski definition) is 2. The smallest absolute Gasteiger partial charge is 0.123 e. The molecule has 0 bridgehead atoms. The van der Waals surface area contributed by atoms with Gasteiger partial charge in [-0.05, 0) is 41.1 Å².